The van der Waals surface area contributed by atoms with Gasteiger partial charge in [0.25, 0.3) is 0 Å². The summed E-state index contributed by atoms with van der Waals surface area (Å²) < 4.78 is 17.0. The van der Waals surface area contributed by atoms with Crippen LogP contribution >= 0.6 is 11.8 Å². The summed E-state index contributed by atoms with van der Waals surface area (Å²) in [6, 6.07) is 14.5. The van der Waals surface area contributed by atoms with Gasteiger partial charge in [0.15, 0.2) is 16.7 Å². The van der Waals surface area contributed by atoms with Crippen molar-refractivity contribution in [2.45, 2.75) is 45.7 Å². The molecule has 2 aliphatic heterocycles. The number of amides is 1. The molecule has 2 aromatic carbocycles. The van der Waals surface area contributed by atoms with E-state index in [1.807, 2.05) is 66.6 Å². The van der Waals surface area contributed by atoms with Gasteiger partial charge in [-0.2, -0.15) is 0 Å². The number of amidine groups is 1. The fourth-order valence-corrected chi connectivity index (χ4v) is 5.42. The lowest BCUT2D eigenvalue weighted by Gasteiger charge is -2.37. The van der Waals surface area contributed by atoms with Gasteiger partial charge in [0.05, 0.1) is 44.6 Å². The molecule has 0 fully saturated rings. The molecule has 0 spiro atoms. The maximum absolute atomic E-state index is 13.7. The predicted octanol–water partition coefficient (Wildman–Crippen LogP) is 5.28. The van der Waals surface area contributed by atoms with Gasteiger partial charge in [-0.25, -0.2) is 9.79 Å². The van der Waals surface area contributed by atoms with E-state index < -0.39 is 12.0 Å². The molecule has 4 rings (SSSR count). The molecule has 9 heteroatoms. The van der Waals surface area contributed by atoms with Gasteiger partial charge >= 0.3 is 5.97 Å². The number of nitrogens with zero attached hydrogens (tertiary/aromatic N) is 2. The standard InChI is InChI=1S/C29H33N3O5S/c1-6-18(3)30-23(33)16-20-17-38-29-31-25(19-12-9-8-10-13-19)24(28(34)37-7-2)26(32(20)29)21-14-11-15-22(35-4)27(21)36-5/h8-15,17-18,26H,6-7,16H2,1-5H3,(H,30,33). The van der Waals surface area contributed by atoms with Gasteiger partial charge in [0, 0.05) is 22.9 Å². The highest BCUT2D eigenvalue weighted by molar-refractivity contribution is 8.16. The van der Waals surface area contributed by atoms with Crippen LogP contribution in [0.4, 0.5) is 0 Å². The zero-order chi connectivity index (χ0) is 27.2. The fraction of sp³-hybridized carbons (Fsp3) is 0.345. The molecule has 2 atom stereocenters. The Morgan fingerprint density at radius 2 is 1.84 bits per heavy atom. The highest BCUT2D eigenvalue weighted by Gasteiger charge is 2.43. The summed E-state index contributed by atoms with van der Waals surface area (Å²) in [4.78, 5) is 33.5. The number of ether oxygens (including phenoxy) is 3. The van der Waals surface area contributed by atoms with Crippen LogP contribution in [0, 0.1) is 0 Å². The number of rotatable bonds is 10. The largest absolute Gasteiger partial charge is 0.493 e. The number of carbonyl (C=O) groups is 2. The number of nitrogens with one attached hydrogen (secondary N) is 1. The van der Waals surface area contributed by atoms with Crippen LogP contribution in [0.2, 0.25) is 0 Å². The molecule has 38 heavy (non-hydrogen) atoms. The first-order chi connectivity index (χ1) is 18.4. The lowest BCUT2D eigenvalue weighted by Crippen LogP contribution is -2.39. The van der Waals surface area contributed by atoms with Crippen LogP contribution in [0.1, 0.15) is 50.8 Å². The Bertz CT molecular complexity index is 1290. The Morgan fingerprint density at radius 1 is 1.08 bits per heavy atom. The summed E-state index contributed by atoms with van der Waals surface area (Å²) in [5.74, 6) is 0.449. The van der Waals surface area contributed by atoms with Crippen molar-refractivity contribution in [2.24, 2.45) is 4.99 Å². The van der Waals surface area contributed by atoms with Crippen LogP contribution in [0.3, 0.4) is 0 Å². The van der Waals surface area contributed by atoms with E-state index in [1.165, 1.54) is 11.8 Å². The Kier molecular flexibility index (Phi) is 8.78. The second-order valence-electron chi connectivity index (χ2n) is 8.88. The molecule has 2 heterocycles. The van der Waals surface area contributed by atoms with E-state index in [0.717, 1.165) is 17.7 Å². The van der Waals surface area contributed by atoms with E-state index in [1.54, 1.807) is 27.2 Å². The van der Waals surface area contributed by atoms with Gasteiger partial charge in [-0.1, -0.05) is 61.2 Å². The average Bonchev–Trinajstić information content (AvgIpc) is 3.33. The van der Waals surface area contributed by atoms with E-state index >= 15 is 0 Å². The van der Waals surface area contributed by atoms with Gasteiger partial charge in [-0.3, -0.25) is 4.79 Å². The lowest BCUT2D eigenvalue weighted by molar-refractivity contribution is -0.139. The summed E-state index contributed by atoms with van der Waals surface area (Å²) in [6.45, 7) is 5.98. The molecule has 2 aliphatic rings. The molecular formula is C29H33N3O5S. The van der Waals surface area contributed by atoms with Crippen LogP contribution in [0.15, 0.2) is 70.2 Å². The van der Waals surface area contributed by atoms with Crippen molar-refractivity contribution in [2.75, 3.05) is 20.8 Å². The van der Waals surface area contributed by atoms with Crippen molar-refractivity contribution in [3.05, 3.63) is 76.3 Å². The smallest absolute Gasteiger partial charge is 0.338 e. The molecule has 0 bridgehead atoms. The van der Waals surface area contributed by atoms with Crippen molar-refractivity contribution >= 4 is 34.5 Å². The van der Waals surface area contributed by atoms with Crippen LogP contribution in [-0.2, 0) is 14.3 Å². The Balaban J connectivity index is 1.92. The number of hydrogen-bond acceptors (Lipinski definition) is 8. The number of benzene rings is 2. The van der Waals surface area contributed by atoms with Gasteiger partial charge < -0.3 is 24.4 Å². The summed E-state index contributed by atoms with van der Waals surface area (Å²) in [5, 5.41) is 5.62. The van der Waals surface area contributed by atoms with Crippen molar-refractivity contribution in [1.29, 1.82) is 0 Å². The molecule has 2 unspecified atom stereocenters. The average molecular weight is 536 g/mol. The zero-order valence-corrected chi connectivity index (χ0v) is 23.1. The number of para-hydroxylation sites is 1. The van der Waals surface area contributed by atoms with E-state index in [-0.39, 0.29) is 25.0 Å². The van der Waals surface area contributed by atoms with Gasteiger partial charge in [-0.15, -0.1) is 0 Å². The van der Waals surface area contributed by atoms with Gasteiger partial charge in [0.2, 0.25) is 5.91 Å². The van der Waals surface area contributed by atoms with E-state index in [4.69, 9.17) is 19.2 Å². The molecule has 1 N–H and O–H groups in total. The number of fused-ring (bicyclic) bond motifs is 1. The van der Waals surface area contributed by atoms with Crippen LogP contribution in [-0.4, -0.2) is 48.8 Å². The molecule has 0 radical (unpaired) electrons. The number of carbonyl (C=O) groups excluding carboxylic acids is 2. The number of esters is 1. The van der Waals surface area contributed by atoms with Crippen LogP contribution in [0.5, 0.6) is 11.5 Å². The van der Waals surface area contributed by atoms with Crippen molar-refractivity contribution in [1.82, 2.24) is 10.2 Å². The molecule has 200 valence electrons. The minimum atomic E-state index is -0.667. The number of hydrogen-bond donors (Lipinski definition) is 1. The molecule has 0 saturated heterocycles. The highest BCUT2D eigenvalue weighted by atomic mass is 32.2. The second-order valence-corrected chi connectivity index (χ2v) is 9.72. The minimum absolute atomic E-state index is 0.0561. The van der Waals surface area contributed by atoms with Crippen LogP contribution in [0.25, 0.3) is 5.70 Å². The van der Waals surface area contributed by atoms with Crippen LogP contribution < -0.4 is 14.8 Å². The first-order valence-electron chi connectivity index (χ1n) is 12.6. The number of aliphatic imine (C=N–C) groups is 1. The Hall–Kier alpha value is -3.72. The quantitative estimate of drug-likeness (QED) is 0.414. The maximum atomic E-state index is 13.7. The molecule has 0 aromatic heterocycles. The topological polar surface area (TPSA) is 89.5 Å². The van der Waals surface area contributed by atoms with E-state index in [0.29, 0.717) is 33.5 Å². The Morgan fingerprint density at radius 3 is 2.50 bits per heavy atom. The predicted molar refractivity (Wildman–Crippen MR) is 150 cm³/mol. The lowest BCUT2D eigenvalue weighted by atomic mass is 9.90. The Labute approximate surface area is 227 Å². The first kappa shape index (κ1) is 27.3. The first-order valence-corrected chi connectivity index (χ1v) is 13.5. The monoisotopic (exact) mass is 535 g/mol. The van der Waals surface area contributed by atoms with Crippen molar-refractivity contribution < 1.29 is 23.8 Å². The van der Waals surface area contributed by atoms with E-state index in [2.05, 4.69) is 5.32 Å². The third kappa shape index (κ3) is 5.43. The molecule has 0 saturated carbocycles. The molecule has 8 nitrogen and oxygen atoms in total. The van der Waals surface area contributed by atoms with Crippen molar-refractivity contribution in [3.8, 4) is 11.5 Å². The summed E-state index contributed by atoms with van der Waals surface area (Å²) in [7, 11) is 3.14. The number of methoxy groups -OCH3 is 2. The third-order valence-electron chi connectivity index (χ3n) is 6.44. The SMILES string of the molecule is CCOC(=O)C1=C(c2ccccc2)N=C2SC=C(CC(=O)NC(C)CC)N2C1c1cccc(OC)c1OC. The molecular weight excluding hydrogens is 502 g/mol. The fourth-order valence-electron chi connectivity index (χ4n) is 4.50. The van der Waals surface area contributed by atoms with Crippen molar-refractivity contribution in [3.63, 3.8) is 0 Å². The highest BCUT2D eigenvalue weighted by Crippen LogP contribution is 2.50. The maximum Gasteiger partial charge on any atom is 0.338 e. The van der Waals surface area contributed by atoms with E-state index in [9.17, 15) is 9.59 Å². The van der Waals surface area contributed by atoms with Gasteiger partial charge in [0.1, 0.15) is 0 Å². The molecule has 2 aromatic rings. The van der Waals surface area contributed by atoms with Gasteiger partial charge in [-0.05, 0) is 31.7 Å². The minimum Gasteiger partial charge on any atom is -0.493 e. The third-order valence-corrected chi connectivity index (χ3v) is 7.33. The summed E-state index contributed by atoms with van der Waals surface area (Å²) in [6.07, 6.45) is 0.964. The second kappa shape index (κ2) is 12.2. The molecule has 1 amide bonds. The number of thioether (sulfide) groups is 1. The normalized spacial score (nSPS) is 17.3. The summed E-state index contributed by atoms with van der Waals surface area (Å²) in [5.41, 5.74) is 3.11. The summed E-state index contributed by atoms with van der Waals surface area (Å²) >= 11 is 1.42. The molecule has 0 aliphatic carbocycles. The zero-order valence-electron chi connectivity index (χ0n) is 22.3.